The molecular weight excluding hydrogens is 1030 g/mol. The van der Waals surface area contributed by atoms with Gasteiger partial charge in [0.2, 0.25) is 11.6 Å². The first-order valence-electron chi connectivity index (χ1n) is 28.4. The van der Waals surface area contributed by atoms with Crippen LogP contribution in [-0.2, 0) is 61.2 Å². The predicted molar refractivity (Wildman–Crippen MR) is 289 cm³/mol. The second kappa shape index (κ2) is 20.7. The molecule has 17 heteroatoms. The summed E-state index contributed by atoms with van der Waals surface area (Å²) >= 11 is 14.5. The third-order valence-electron chi connectivity index (χ3n) is 21.4. The smallest absolute Gasteiger partial charge is 0.306 e. The van der Waals surface area contributed by atoms with Gasteiger partial charge in [-0.2, -0.15) is 5.10 Å². The van der Waals surface area contributed by atoms with Crippen molar-refractivity contribution in [3.05, 3.63) is 46.3 Å². The average Bonchev–Trinajstić information content (AvgIpc) is 4.15. The molecule has 18 atom stereocenters. The molecule has 0 radical (unpaired) electrons. The molecular formula is C60H81Cl2N3O12. The predicted octanol–water partition coefficient (Wildman–Crippen LogP) is 8.84. The molecule has 77 heavy (non-hydrogen) atoms. The van der Waals surface area contributed by atoms with E-state index in [2.05, 4.69) is 42.2 Å². The average molecular weight is 1110 g/mol. The number of Topliss-reactive ketones (excluding diaryl/α,β-unsaturated/α-hetero) is 2. The summed E-state index contributed by atoms with van der Waals surface area (Å²) in [6.07, 6.45) is 12.3. The van der Waals surface area contributed by atoms with Gasteiger partial charge >= 0.3 is 23.9 Å². The normalized spacial score (nSPS) is 41.7. The maximum absolute atomic E-state index is 14.0. The molecule has 2 heterocycles. The summed E-state index contributed by atoms with van der Waals surface area (Å²) in [5.74, 6) is -3.85. The lowest BCUT2D eigenvalue weighted by atomic mass is 9.45. The molecule has 1 aliphatic heterocycles. The molecule has 0 unspecified atom stereocenters. The molecule has 10 rings (SSSR count). The highest BCUT2D eigenvalue weighted by Gasteiger charge is 2.76. The molecule has 1 aromatic rings. The number of allylic oxidation sites excluding steroid dienone is 4. The number of ketones is 2. The van der Waals surface area contributed by atoms with E-state index in [1.54, 1.807) is 27.7 Å². The number of aryl methyl sites for hydroxylation is 1. The summed E-state index contributed by atoms with van der Waals surface area (Å²) in [5, 5.41) is 27.9. The molecule has 2 N–H and O–H groups in total. The molecule has 0 aromatic carbocycles. The Bertz CT molecular complexity index is 2730. The molecule has 9 aliphatic rings. The molecule has 6 saturated carbocycles. The fraction of sp³-hybridized carbons (Fsp3) is 0.733. The van der Waals surface area contributed by atoms with Gasteiger partial charge in [0.05, 0.1) is 36.4 Å². The zero-order valence-corrected chi connectivity index (χ0v) is 48.4. The highest BCUT2D eigenvalue weighted by molar-refractivity contribution is 6.21. The van der Waals surface area contributed by atoms with Gasteiger partial charge in [0.25, 0.3) is 0 Å². The van der Waals surface area contributed by atoms with Crippen LogP contribution in [0.1, 0.15) is 151 Å². The first kappa shape index (κ1) is 57.5. The second-order valence-electron chi connectivity index (χ2n) is 25.2. The van der Waals surface area contributed by atoms with Crippen molar-refractivity contribution in [2.75, 3.05) is 19.8 Å². The molecule has 0 amide bonds. The van der Waals surface area contributed by atoms with E-state index in [9.17, 15) is 39.0 Å². The number of carbonyl (C=O) groups is 6. The Kier molecular flexibility index (Phi) is 15.5. The van der Waals surface area contributed by atoms with Crippen LogP contribution < -0.4 is 0 Å². The van der Waals surface area contributed by atoms with E-state index >= 15 is 0 Å². The van der Waals surface area contributed by atoms with Gasteiger partial charge in [-0.1, -0.05) is 86.5 Å². The van der Waals surface area contributed by atoms with Crippen LogP contribution >= 0.6 is 23.2 Å². The molecule has 1 aromatic heterocycles. The Hall–Kier alpha value is -4.18. The number of aliphatic hydroxyl groups excluding tert-OH is 2. The Labute approximate surface area is 463 Å². The van der Waals surface area contributed by atoms with Crippen molar-refractivity contribution in [3.8, 4) is 0 Å². The van der Waals surface area contributed by atoms with E-state index in [4.69, 9.17) is 42.1 Å². The number of fused-ring (bicyclic) bond motifs is 12. The van der Waals surface area contributed by atoms with Gasteiger partial charge in [-0.15, -0.1) is 23.2 Å². The fourth-order valence-electron chi connectivity index (χ4n) is 18.0. The minimum atomic E-state index is -1.51. The number of aliphatic hydroxyl groups is 2. The summed E-state index contributed by atoms with van der Waals surface area (Å²) in [5.41, 5.74) is 1.71. The number of carbonyl (C=O) groups excluding carboxylic acids is 6. The van der Waals surface area contributed by atoms with Crippen LogP contribution in [0.2, 0.25) is 0 Å². The monoisotopic (exact) mass is 1110 g/mol. The van der Waals surface area contributed by atoms with Gasteiger partial charge < -0.3 is 29.2 Å². The van der Waals surface area contributed by atoms with Crippen molar-refractivity contribution < 1.29 is 57.9 Å². The first-order chi connectivity index (χ1) is 36.3. The lowest BCUT2D eigenvalue weighted by molar-refractivity contribution is -0.207. The van der Waals surface area contributed by atoms with Crippen LogP contribution in [-0.4, -0.2) is 115 Å². The zero-order valence-electron chi connectivity index (χ0n) is 46.9. The molecule has 0 spiro atoms. The van der Waals surface area contributed by atoms with Crippen molar-refractivity contribution in [2.24, 2.45) is 81.0 Å². The molecule has 422 valence electrons. The number of alkyl halides is 2. The van der Waals surface area contributed by atoms with Gasteiger partial charge in [0.15, 0.2) is 24.4 Å². The summed E-state index contributed by atoms with van der Waals surface area (Å²) in [4.78, 5) is 82.1. The van der Waals surface area contributed by atoms with Gasteiger partial charge in [0, 0.05) is 66.2 Å². The topological polar surface area (TPSA) is 210 Å². The van der Waals surface area contributed by atoms with Crippen molar-refractivity contribution >= 4 is 70.4 Å². The lowest BCUT2D eigenvalue weighted by Gasteiger charge is -2.62. The lowest BCUT2D eigenvalue weighted by Crippen LogP contribution is -2.66. The van der Waals surface area contributed by atoms with Crippen LogP contribution in [0.3, 0.4) is 0 Å². The third kappa shape index (κ3) is 8.68. The van der Waals surface area contributed by atoms with Crippen molar-refractivity contribution in [1.82, 2.24) is 9.78 Å². The van der Waals surface area contributed by atoms with E-state index < -0.39 is 82.9 Å². The van der Waals surface area contributed by atoms with Crippen LogP contribution in [0.4, 0.5) is 0 Å². The SMILES string of the molecule is CCC(=O)OCC(=O)[C@]1(OC(=O)CC)[C@H](C)C[C@H]2[C@H]3[C@H]([C@@H](O)C[C@@]21C)[C@@]1(C)CC2=CCN=C2C=C1C[C@H]3Cl.CCC(=O)OCC(=O)[C@]1(OC(=O)CC)[C@H](C)C[C@H]2[C@H]3[C@H]([C@@H](O)C[C@@]21C)[C@@]1(C)Cc2cnn(C)c2C=C1C[C@H]3Cl. The van der Waals surface area contributed by atoms with E-state index in [1.807, 2.05) is 45.6 Å². The number of aromatic nitrogens is 2. The standard InChI is InChI=1S/C30H41ClN2O6.C30H40ClNO6/c1-7-24(36)38-15-23(35)30(39-25(37)8-2)16(3)9-19-26-20(31)10-18-11-21-17(14-32-33(21)6)12-28(18,4)27(26)22(34)13-29(19,30)5;1-6-24(35)37-15-23(34)30(38-25(36)7-2)16(3)10-19-26-20(31)11-18-12-21-17(8-9-32-21)13-28(18,4)27(26)22(33)14-29(19,30)5/h11,14,16,19-20,22,26-27,34H,7-10,12-13,15H2,1-6H3;8,12,16,19-20,22,26-27,33H,6-7,9-11,13-15H2,1-5H3/t2*16-,19+,20-,22+,26-,27+,28+,29+,30-/m11/s1. The number of esters is 4. The number of aliphatic imine (C=N–C) groups is 1. The van der Waals surface area contributed by atoms with E-state index in [0.717, 1.165) is 29.8 Å². The Morgan fingerprint density at radius 3 is 1.57 bits per heavy atom. The van der Waals surface area contributed by atoms with Crippen LogP contribution in [0, 0.1) is 69.0 Å². The maximum Gasteiger partial charge on any atom is 0.306 e. The van der Waals surface area contributed by atoms with Crippen LogP contribution in [0.25, 0.3) is 6.08 Å². The van der Waals surface area contributed by atoms with Crippen LogP contribution in [0.5, 0.6) is 0 Å². The van der Waals surface area contributed by atoms with Gasteiger partial charge in [0.1, 0.15) is 0 Å². The second-order valence-corrected chi connectivity index (χ2v) is 26.3. The molecule has 0 saturated heterocycles. The van der Waals surface area contributed by atoms with Crippen molar-refractivity contribution in [1.29, 1.82) is 0 Å². The van der Waals surface area contributed by atoms with Crippen LogP contribution in [0.15, 0.2) is 40.1 Å². The maximum atomic E-state index is 14.0. The molecule has 0 bridgehead atoms. The van der Waals surface area contributed by atoms with Crippen molar-refractivity contribution in [3.63, 3.8) is 0 Å². The van der Waals surface area contributed by atoms with E-state index in [1.165, 1.54) is 16.7 Å². The largest absolute Gasteiger partial charge is 0.457 e. The Morgan fingerprint density at radius 2 is 1.12 bits per heavy atom. The number of nitrogens with zero attached hydrogens (tertiary/aromatic N) is 3. The number of ether oxygens (including phenoxy) is 4. The van der Waals surface area contributed by atoms with Gasteiger partial charge in [-0.3, -0.25) is 38.4 Å². The summed E-state index contributed by atoms with van der Waals surface area (Å²) < 4.78 is 24.7. The Balaban J connectivity index is 0.000000188. The van der Waals surface area contributed by atoms with E-state index in [-0.39, 0.29) is 94.6 Å². The minimum Gasteiger partial charge on any atom is -0.457 e. The molecule has 8 aliphatic carbocycles. The summed E-state index contributed by atoms with van der Waals surface area (Å²) in [6.45, 7) is 18.8. The van der Waals surface area contributed by atoms with Gasteiger partial charge in [-0.05, 0) is 121 Å². The van der Waals surface area contributed by atoms with Crippen molar-refractivity contribution in [2.45, 2.75) is 180 Å². The van der Waals surface area contributed by atoms with E-state index in [0.29, 0.717) is 45.1 Å². The number of rotatable bonds is 12. The van der Waals surface area contributed by atoms with Gasteiger partial charge in [-0.25, -0.2) is 0 Å². The highest BCUT2D eigenvalue weighted by Crippen LogP contribution is 2.72. The molecule has 6 fully saturated rings. The number of hydrogen-bond donors (Lipinski definition) is 2. The fourth-order valence-corrected chi connectivity index (χ4v) is 19.0. The minimum absolute atomic E-state index is 0.0464. The summed E-state index contributed by atoms with van der Waals surface area (Å²) in [7, 11) is 1.94. The number of halogens is 2. The summed E-state index contributed by atoms with van der Waals surface area (Å²) in [6, 6.07) is 0. The highest BCUT2D eigenvalue weighted by atomic mass is 35.5. The zero-order chi connectivity index (χ0) is 56.1. The Morgan fingerprint density at radius 1 is 0.675 bits per heavy atom. The first-order valence-corrected chi connectivity index (χ1v) is 29.3. The molecule has 15 nitrogen and oxygen atoms in total. The third-order valence-corrected chi connectivity index (χ3v) is 22.3. The quantitative estimate of drug-likeness (QED) is 0.114. The number of hydrogen-bond acceptors (Lipinski definition) is 14.